The van der Waals surface area contributed by atoms with Gasteiger partial charge in [-0.15, -0.1) is 0 Å². The molecule has 5 rings (SSSR count). The molecule has 5 aliphatic rings. The SMILES string of the molecule is COC(=O)[C@@]12C(=O)[C@@](C)(O)C(=O)[C@]1(C)C(C)=CC1[C@]34CC[C@H](OC(C)=O)C(C)(C)C3[C@H](C[C@@]12C)OC4=O. The molecule has 0 spiro atoms. The molecule has 1 aliphatic heterocycles. The van der Waals surface area contributed by atoms with E-state index >= 15 is 0 Å². The minimum absolute atomic E-state index is 0.107. The van der Waals surface area contributed by atoms with Gasteiger partial charge in [-0.25, -0.2) is 0 Å². The van der Waals surface area contributed by atoms with Crippen LogP contribution >= 0.6 is 0 Å². The van der Waals surface area contributed by atoms with Gasteiger partial charge in [0.2, 0.25) is 0 Å². The van der Waals surface area contributed by atoms with Crippen LogP contribution in [-0.2, 0) is 38.2 Å². The summed E-state index contributed by atoms with van der Waals surface area (Å²) in [5, 5.41) is 11.2. The molecule has 2 bridgehead atoms. The Morgan fingerprint density at radius 3 is 2.27 bits per heavy atom. The predicted octanol–water partition coefficient (Wildman–Crippen LogP) is 2.32. The van der Waals surface area contributed by atoms with E-state index in [0.717, 1.165) is 6.92 Å². The first-order valence-electron chi connectivity index (χ1n) is 12.9. The third-order valence-corrected chi connectivity index (χ3v) is 11.2. The van der Waals surface area contributed by atoms with E-state index in [9.17, 15) is 29.1 Å². The Balaban J connectivity index is 1.81. The second-order valence-corrected chi connectivity index (χ2v) is 13.0. The predicted molar refractivity (Wildman–Crippen MR) is 128 cm³/mol. The number of ketones is 2. The fraction of sp³-hybridized carbons (Fsp3) is 0.750. The van der Waals surface area contributed by atoms with E-state index in [-0.39, 0.29) is 12.3 Å². The van der Waals surface area contributed by atoms with Crippen molar-refractivity contribution in [1.82, 2.24) is 0 Å². The number of fused-ring (bicyclic) bond motifs is 3. The Hall–Kier alpha value is -2.55. The summed E-state index contributed by atoms with van der Waals surface area (Å²) >= 11 is 0. The molecule has 9 heteroatoms. The topological polar surface area (TPSA) is 133 Å². The average molecular weight is 517 g/mol. The first kappa shape index (κ1) is 26.1. The number of hydrogen-bond donors (Lipinski definition) is 1. The first-order valence-corrected chi connectivity index (χ1v) is 12.9. The Morgan fingerprint density at radius 1 is 1.08 bits per heavy atom. The minimum Gasteiger partial charge on any atom is -0.468 e. The zero-order valence-electron chi connectivity index (χ0n) is 22.7. The van der Waals surface area contributed by atoms with E-state index in [1.807, 2.05) is 19.9 Å². The van der Waals surface area contributed by atoms with E-state index in [1.54, 1.807) is 13.8 Å². The highest BCUT2D eigenvalue weighted by molar-refractivity contribution is 6.30. The molecule has 1 heterocycles. The smallest absolute Gasteiger partial charge is 0.321 e. The molecule has 9 nitrogen and oxygen atoms in total. The normalized spacial score (nSPS) is 49.3. The molecule has 3 saturated carbocycles. The maximum atomic E-state index is 14.2. The second kappa shape index (κ2) is 7.10. The third-order valence-electron chi connectivity index (χ3n) is 11.2. The van der Waals surface area contributed by atoms with Gasteiger partial charge in [-0.1, -0.05) is 32.4 Å². The molecule has 202 valence electrons. The molecular weight excluding hydrogens is 480 g/mol. The van der Waals surface area contributed by atoms with Gasteiger partial charge in [0.1, 0.15) is 12.2 Å². The fourth-order valence-electron chi connectivity index (χ4n) is 9.75. The number of allylic oxidation sites excluding steroid dienone is 2. The summed E-state index contributed by atoms with van der Waals surface area (Å²) in [7, 11) is 1.17. The van der Waals surface area contributed by atoms with Crippen molar-refractivity contribution in [2.45, 2.75) is 85.5 Å². The molecule has 37 heavy (non-hydrogen) atoms. The second-order valence-electron chi connectivity index (χ2n) is 13.0. The van der Waals surface area contributed by atoms with Crippen molar-refractivity contribution in [3.8, 4) is 0 Å². The lowest BCUT2D eigenvalue weighted by Crippen LogP contribution is -2.71. The quantitative estimate of drug-likeness (QED) is 0.254. The van der Waals surface area contributed by atoms with E-state index in [4.69, 9.17) is 14.2 Å². The first-order chi connectivity index (χ1) is 16.9. The van der Waals surface area contributed by atoms with Crippen LogP contribution in [0.2, 0.25) is 0 Å². The number of Topliss-reactive ketones (excluding diaryl/α,β-unsaturated/α-hetero) is 2. The summed E-state index contributed by atoms with van der Waals surface area (Å²) in [5.74, 6) is -4.36. The largest absolute Gasteiger partial charge is 0.468 e. The van der Waals surface area contributed by atoms with Crippen LogP contribution in [0, 0.1) is 38.9 Å². The molecule has 0 radical (unpaired) electrons. The summed E-state index contributed by atoms with van der Waals surface area (Å²) in [6.07, 6.45) is 1.57. The Labute approximate surface area is 216 Å². The molecule has 2 unspecified atom stereocenters. The Bertz CT molecular complexity index is 1200. The molecule has 4 fully saturated rings. The van der Waals surface area contributed by atoms with Gasteiger partial charge in [-0.2, -0.15) is 0 Å². The van der Waals surface area contributed by atoms with Gasteiger partial charge in [-0.05, 0) is 40.0 Å². The summed E-state index contributed by atoms with van der Waals surface area (Å²) < 4.78 is 17.0. The van der Waals surface area contributed by atoms with Gasteiger partial charge >= 0.3 is 17.9 Å². The third kappa shape index (κ3) is 2.44. The van der Waals surface area contributed by atoms with Gasteiger partial charge in [0.15, 0.2) is 22.6 Å². The van der Waals surface area contributed by atoms with E-state index in [1.165, 1.54) is 21.0 Å². The lowest BCUT2D eigenvalue weighted by molar-refractivity contribution is -0.216. The number of rotatable bonds is 2. The summed E-state index contributed by atoms with van der Waals surface area (Å²) in [4.78, 5) is 67.6. The highest BCUT2D eigenvalue weighted by Crippen LogP contribution is 2.78. The van der Waals surface area contributed by atoms with Crippen molar-refractivity contribution in [3.63, 3.8) is 0 Å². The zero-order chi connectivity index (χ0) is 27.7. The van der Waals surface area contributed by atoms with Crippen LogP contribution < -0.4 is 0 Å². The standard InChI is InChI=1S/C28H36O9/c1-13-11-16-24(5,28(22(33)35-8)20(31)26(7,34)19(30)25(13,28)6)12-15-18-23(3,4)17(36-14(2)29)9-10-27(16,18)21(32)37-15/h11,15-18,34H,9-10,12H2,1-8H3/t15-,16?,17-,18?,24-,25-,26-,27+,28+/m0/s1. The highest BCUT2D eigenvalue weighted by atomic mass is 16.6. The van der Waals surface area contributed by atoms with E-state index in [0.29, 0.717) is 18.4 Å². The maximum Gasteiger partial charge on any atom is 0.321 e. The van der Waals surface area contributed by atoms with E-state index in [2.05, 4.69) is 0 Å². The molecule has 0 amide bonds. The highest BCUT2D eigenvalue weighted by Gasteiger charge is 2.88. The van der Waals surface area contributed by atoms with Crippen LogP contribution in [0.5, 0.6) is 0 Å². The number of ether oxygens (including phenoxy) is 3. The van der Waals surface area contributed by atoms with Crippen molar-refractivity contribution in [2.75, 3.05) is 7.11 Å². The number of carbonyl (C=O) groups excluding carboxylic acids is 5. The van der Waals surface area contributed by atoms with Gasteiger partial charge < -0.3 is 19.3 Å². The monoisotopic (exact) mass is 516 g/mol. The summed E-state index contributed by atoms with van der Waals surface area (Å²) in [6, 6.07) is 0. The van der Waals surface area contributed by atoms with E-state index < -0.39 is 80.3 Å². The van der Waals surface area contributed by atoms with Crippen molar-refractivity contribution in [3.05, 3.63) is 11.6 Å². The molecule has 0 aromatic rings. The average Bonchev–Trinajstić information content (AvgIpc) is 3.11. The number of methoxy groups -OCH3 is 1. The van der Waals surface area contributed by atoms with Gasteiger partial charge in [0, 0.05) is 29.6 Å². The van der Waals surface area contributed by atoms with Crippen molar-refractivity contribution < 1.29 is 43.3 Å². The molecule has 9 atom stereocenters. The molecule has 1 saturated heterocycles. The number of carbonyl (C=O) groups is 5. The van der Waals surface area contributed by atoms with Crippen LogP contribution in [0.15, 0.2) is 11.6 Å². The van der Waals surface area contributed by atoms with Crippen molar-refractivity contribution in [1.29, 1.82) is 0 Å². The number of aliphatic hydroxyl groups is 1. The summed E-state index contributed by atoms with van der Waals surface area (Å²) in [5.41, 5.74) is -8.71. The van der Waals surface area contributed by atoms with Gasteiger partial charge in [0.05, 0.1) is 17.9 Å². The van der Waals surface area contributed by atoms with Crippen LogP contribution in [-0.4, -0.2) is 59.5 Å². The lowest BCUT2D eigenvalue weighted by atomic mass is 9.33. The van der Waals surface area contributed by atoms with Gasteiger partial charge in [-0.3, -0.25) is 24.0 Å². The Morgan fingerprint density at radius 2 is 1.70 bits per heavy atom. The van der Waals surface area contributed by atoms with Crippen molar-refractivity contribution >= 4 is 29.5 Å². The zero-order valence-corrected chi connectivity index (χ0v) is 22.7. The number of esters is 3. The molecular formula is C28H36O9. The number of hydrogen-bond acceptors (Lipinski definition) is 9. The van der Waals surface area contributed by atoms with Crippen molar-refractivity contribution in [2.24, 2.45) is 38.9 Å². The van der Waals surface area contributed by atoms with Gasteiger partial charge in [0.25, 0.3) is 0 Å². The molecule has 4 aliphatic carbocycles. The Kier molecular flexibility index (Phi) is 5.00. The van der Waals surface area contributed by atoms with Crippen LogP contribution in [0.3, 0.4) is 0 Å². The summed E-state index contributed by atoms with van der Waals surface area (Å²) in [6.45, 7) is 11.4. The molecule has 1 N–H and O–H groups in total. The fourth-order valence-corrected chi connectivity index (χ4v) is 9.75. The lowest BCUT2D eigenvalue weighted by Gasteiger charge is -2.66. The van der Waals surface area contributed by atoms with Crippen LogP contribution in [0.4, 0.5) is 0 Å². The minimum atomic E-state index is -2.40. The van der Waals surface area contributed by atoms with Crippen LogP contribution in [0.1, 0.15) is 67.7 Å². The maximum absolute atomic E-state index is 14.2. The molecule has 0 aromatic carbocycles. The molecule has 0 aromatic heterocycles. The van der Waals surface area contributed by atoms with Crippen LogP contribution in [0.25, 0.3) is 0 Å².